The van der Waals surface area contributed by atoms with Crippen molar-refractivity contribution in [1.82, 2.24) is 15.5 Å². The Morgan fingerprint density at radius 2 is 2.19 bits per heavy atom. The summed E-state index contributed by atoms with van der Waals surface area (Å²) in [5.74, 6) is 1.89. The molecule has 2 saturated heterocycles. The van der Waals surface area contributed by atoms with Crippen LogP contribution in [0.1, 0.15) is 26.2 Å². The number of hydrogen-bond donors (Lipinski definition) is 2. The molecule has 0 aromatic rings. The number of rotatable bonds is 5. The minimum Gasteiger partial charge on any atom is -0.356 e. The van der Waals surface area contributed by atoms with Crippen LogP contribution in [0.25, 0.3) is 0 Å². The highest BCUT2D eigenvalue weighted by atomic mass is 32.2. The standard InChI is InChI=1S/C14H28N4O2S/c1-3-6-18-7-4-12(10-18)9-16-14(15-2)17-13-5-8-21(19,20)11-13/h12-13H,3-11H2,1-2H3,(H2,15,16,17). The lowest BCUT2D eigenvalue weighted by Gasteiger charge is -2.19. The molecule has 6 nitrogen and oxygen atoms in total. The third kappa shape index (κ3) is 5.14. The number of sulfone groups is 1. The van der Waals surface area contributed by atoms with Gasteiger partial charge in [-0.25, -0.2) is 8.42 Å². The first-order chi connectivity index (χ1) is 10.0. The van der Waals surface area contributed by atoms with E-state index in [1.54, 1.807) is 7.05 Å². The van der Waals surface area contributed by atoms with Gasteiger partial charge < -0.3 is 15.5 Å². The molecule has 2 aliphatic heterocycles. The molecule has 0 aromatic carbocycles. The fraction of sp³-hybridized carbons (Fsp3) is 0.929. The fourth-order valence-electron chi connectivity index (χ4n) is 3.14. The van der Waals surface area contributed by atoms with E-state index in [1.165, 1.54) is 25.9 Å². The van der Waals surface area contributed by atoms with Crippen LogP contribution in [0.3, 0.4) is 0 Å². The minimum atomic E-state index is -2.85. The van der Waals surface area contributed by atoms with E-state index in [4.69, 9.17) is 0 Å². The molecule has 2 N–H and O–H groups in total. The van der Waals surface area contributed by atoms with Gasteiger partial charge in [0.05, 0.1) is 11.5 Å². The van der Waals surface area contributed by atoms with Gasteiger partial charge >= 0.3 is 0 Å². The van der Waals surface area contributed by atoms with Crippen LogP contribution in [0.5, 0.6) is 0 Å². The Hall–Kier alpha value is -0.820. The van der Waals surface area contributed by atoms with Crippen LogP contribution in [0, 0.1) is 5.92 Å². The van der Waals surface area contributed by atoms with Crippen molar-refractivity contribution in [3.05, 3.63) is 0 Å². The molecule has 2 heterocycles. The van der Waals surface area contributed by atoms with Crippen LogP contribution in [-0.4, -0.2) is 70.1 Å². The van der Waals surface area contributed by atoms with Crippen LogP contribution in [-0.2, 0) is 9.84 Å². The van der Waals surface area contributed by atoms with Gasteiger partial charge in [-0.05, 0) is 38.3 Å². The van der Waals surface area contributed by atoms with Crippen molar-refractivity contribution in [3.63, 3.8) is 0 Å². The number of guanidine groups is 1. The average molecular weight is 316 g/mol. The van der Waals surface area contributed by atoms with Crippen molar-refractivity contribution >= 4 is 15.8 Å². The van der Waals surface area contributed by atoms with E-state index in [9.17, 15) is 8.42 Å². The molecule has 2 aliphatic rings. The molecule has 2 atom stereocenters. The van der Waals surface area contributed by atoms with Gasteiger partial charge in [0.15, 0.2) is 15.8 Å². The number of nitrogens with zero attached hydrogens (tertiary/aromatic N) is 2. The summed E-state index contributed by atoms with van der Waals surface area (Å²) in [6.45, 7) is 6.64. The molecule has 0 saturated carbocycles. The maximum atomic E-state index is 11.5. The van der Waals surface area contributed by atoms with Crippen LogP contribution >= 0.6 is 0 Å². The third-order valence-electron chi connectivity index (χ3n) is 4.26. The number of aliphatic imine (C=N–C) groups is 1. The molecule has 0 aromatic heterocycles. The molecule has 0 radical (unpaired) electrons. The topological polar surface area (TPSA) is 73.8 Å². The zero-order valence-corrected chi connectivity index (χ0v) is 14.0. The molecule has 0 aliphatic carbocycles. The highest BCUT2D eigenvalue weighted by Crippen LogP contribution is 2.15. The molecule has 21 heavy (non-hydrogen) atoms. The smallest absolute Gasteiger partial charge is 0.191 e. The Morgan fingerprint density at radius 1 is 1.38 bits per heavy atom. The SMILES string of the molecule is CCCN1CCC(CNC(=NC)NC2CCS(=O)(=O)C2)C1. The predicted octanol–water partition coefficient (Wildman–Crippen LogP) is 0.0704. The summed E-state index contributed by atoms with van der Waals surface area (Å²) in [5, 5.41) is 6.57. The first kappa shape index (κ1) is 16.5. The summed E-state index contributed by atoms with van der Waals surface area (Å²) < 4.78 is 22.9. The van der Waals surface area contributed by atoms with Crippen molar-refractivity contribution in [2.75, 3.05) is 44.7 Å². The largest absolute Gasteiger partial charge is 0.356 e. The van der Waals surface area contributed by atoms with Crippen molar-refractivity contribution in [2.24, 2.45) is 10.9 Å². The molecule has 2 fully saturated rings. The number of likely N-dealkylation sites (tertiary alicyclic amines) is 1. The first-order valence-corrected chi connectivity index (χ1v) is 9.74. The maximum absolute atomic E-state index is 11.5. The van der Waals surface area contributed by atoms with Crippen molar-refractivity contribution in [1.29, 1.82) is 0 Å². The van der Waals surface area contributed by atoms with Gasteiger partial charge in [0.25, 0.3) is 0 Å². The van der Waals surface area contributed by atoms with Gasteiger partial charge in [-0.3, -0.25) is 4.99 Å². The monoisotopic (exact) mass is 316 g/mol. The zero-order chi connectivity index (χ0) is 15.3. The van der Waals surface area contributed by atoms with Gasteiger partial charge in [0.1, 0.15) is 0 Å². The van der Waals surface area contributed by atoms with Gasteiger partial charge in [-0.15, -0.1) is 0 Å². The van der Waals surface area contributed by atoms with Crippen LogP contribution in [0.15, 0.2) is 4.99 Å². The van der Waals surface area contributed by atoms with Crippen molar-refractivity contribution < 1.29 is 8.42 Å². The summed E-state index contributed by atoms with van der Waals surface area (Å²) in [6.07, 6.45) is 3.11. The first-order valence-electron chi connectivity index (χ1n) is 7.92. The van der Waals surface area contributed by atoms with Crippen LogP contribution in [0.2, 0.25) is 0 Å². The summed E-state index contributed by atoms with van der Waals surface area (Å²) >= 11 is 0. The lowest BCUT2D eigenvalue weighted by molar-refractivity contribution is 0.324. The van der Waals surface area contributed by atoms with E-state index in [2.05, 4.69) is 27.4 Å². The van der Waals surface area contributed by atoms with Gasteiger partial charge in [0, 0.05) is 26.2 Å². The summed E-state index contributed by atoms with van der Waals surface area (Å²) in [4.78, 5) is 6.71. The van der Waals surface area contributed by atoms with Gasteiger partial charge in [0.2, 0.25) is 0 Å². The highest BCUT2D eigenvalue weighted by molar-refractivity contribution is 7.91. The Labute approximate surface area is 128 Å². The van der Waals surface area contributed by atoms with Crippen molar-refractivity contribution in [2.45, 2.75) is 32.2 Å². The Bertz CT molecular complexity index is 464. The molecule has 0 spiro atoms. The lowest BCUT2D eigenvalue weighted by Crippen LogP contribution is -2.45. The highest BCUT2D eigenvalue weighted by Gasteiger charge is 2.28. The van der Waals surface area contributed by atoms with E-state index in [0.717, 1.165) is 19.0 Å². The molecular formula is C14H28N4O2S. The number of hydrogen-bond acceptors (Lipinski definition) is 4. The Balaban J connectivity index is 1.71. The molecule has 2 rings (SSSR count). The second-order valence-electron chi connectivity index (χ2n) is 6.15. The van der Waals surface area contributed by atoms with E-state index in [-0.39, 0.29) is 17.5 Å². The molecule has 122 valence electrons. The second-order valence-corrected chi connectivity index (χ2v) is 8.38. The van der Waals surface area contributed by atoms with E-state index >= 15 is 0 Å². The quantitative estimate of drug-likeness (QED) is 0.555. The Kier molecular flexibility index (Phi) is 5.87. The molecular weight excluding hydrogens is 288 g/mol. The van der Waals surface area contributed by atoms with Gasteiger partial charge in [-0.1, -0.05) is 6.92 Å². The zero-order valence-electron chi connectivity index (χ0n) is 13.1. The van der Waals surface area contributed by atoms with E-state index in [1.807, 2.05) is 0 Å². The van der Waals surface area contributed by atoms with Crippen LogP contribution < -0.4 is 10.6 Å². The average Bonchev–Trinajstić information content (AvgIpc) is 3.01. The predicted molar refractivity (Wildman–Crippen MR) is 86.4 cm³/mol. The van der Waals surface area contributed by atoms with Crippen molar-refractivity contribution in [3.8, 4) is 0 Å². The summed E-state index contributed by atoms with van der Waals surface area (Å²) in [7, 11) is -1.11. The van der Waals surface area contributed by atoms with E-state index in [0.29, 0.717) is 12.3 Å². The summed E-state index contributed by atoms with van der Waals surface area (Å²) in [6, 6.07) is 0.00127. The molecule has 0 bridgehead atoms. The molecule has 7 heteroatoms. The van der Waals surface area contributed by atoms with Crippen LogP contribution in [0.4, 0.5) is 0 Å². The van der Waals surface area contributed by atoms with E-state index < -0.39 is 9.84 Å². The fourth-order valence-corrected chi connectivity index (χ4v) is 4.81. The normalized spacial score (nSPS) is 29.7. The summed E-state index contributed by atoms with van der Waals surface area (Å²) in [5.41, 5.74) is 0. The molecule has 0 amide bonds. The maximum Gasteiger partial charge on any atom is 0.191 e. The third-order valence-corrected chi connectivity index (χ3v) is 6.03. The minimum absolute atomic E-state index is 0.00127. The lowest BCUT2D eigenvalue weighted by atomic mass is 10.1. The Morgan fingerprint density at radius 3 is 2.81 bits per heavy atom. The molecule has 2 unspecified atom stereocenters. The number of nitrogens with one attached hydrogen (secondary N) is 2. The van der Waals surface area contributed by atoms with Gasteiger partial charge in [-0.2, -0.15) is 0 Å². The second kappa shape index (κ2) is 7.45.